The molecule has 0 aliphatic carbocycles. The van der Waals surface area contributed by atoms with E-state index >= 15 is 0 Å². The largest absolute Gasteiger partial charge is 0.507 e. The maximum Gasteiger partial charge on any atom is 0.408 e. The molecule has 0 saturated heterocycles. The number of unbranched alkanes of at least 4 members (excludes halogenated alkanes) is 2. The van der Waals surface area contributed by atoms with Crippen molar-refractivity contribution in [2.24, 2.45) is 16.6 Å². The second kappa shape index (κ2) is 33.0. The second-order valence-corrected chi connectivity index (χ2v) is 24.7. The second-order valence-electron chi connectivity index (χ2n) is 24.7. The quantitative estimate of drug-likeness (QED) is 0.0186. The molecule has 0 saturated carbocycles. The highest BCUT2D eigenvalue weighted by Crippen LogP contribution is 2.38. The molecule has 0 bridgehead atoms. The molecule has 3 amide bonds. The van der Waals surface area contributed by atoms with Gasteiger partial charge < -0.3 is 55.6 Å². The number of nitrogens with two attached hydrogens (primary N) is 1. The van der Waals surface area contributed by atoms with Crippen LogP contribution in [0.1, 0.15) is 151 Å². The number of carbonyl (C=O) groups is 5. The maximum absolute atomic E-state index is 13.2. The number of phenolic OH excluding ortho intramolecular Hbond substituents is 1. The van der Waals surface area contributed by atoms with Gasteiger partial charge in [0, 0.05) is 36.3 Å². The number of aryl methyl sites for hydroxylation is 2. The molecule has 5 aromatic rings. The van der Waals surface area contributed by atoms with Crippen LogP contribution < -0.4 is 35.9 Å². The van der Waals surface area contributed by atoms with Crippen LogP contribution in [0.25, 0.3) is 22.3 Å². The Balaban J connectivity index is 0.000000395. The van der Waals surface area contributed by atoms with Gasteiger partial charge in [0.15, 0.2) is 0 Å². The van der Waals surface area contributed by atoms with Crippen molar-refractivity contribution in [2.45, 2.75) is 177 Å². The highest BCUT2D eigenvalue weighted by molar-refractivity contribution is 5.90. The lowest BCUT2D eigenvalue weighted by molar-refractivity contribution is -0.156. The normalized spacial score (nSPS) is 12.3. The number of rotatable bonds is 30. The first-order chi connectivity index (χ1) is 39.6. The van der Waals surface area contributed by atoms with Gasteiger partial charge in [-0.15, -0.1) is 0 Å². The van der Waals surface area contributed by atoms with Gasteiger partial charge in [-0.1, -0.05) is 133 Å². The number of aliphatic carboxylic acids is 1. The minimum Gasteiger partial charge on any atom is -0.507 e. The van der Waals surface area contributed by atoms with Gasteiger partial charge in [0.2, 0.25) is 11.8 Å². The third kappa shape index (κ3) is 25.5. The number of benzene rings is 5. The molecule has 0 fully saturated rings. The number of esters is 1. The van der Waals surface area contributed by atoms with Crippen LogP contribution in [-0.2, 0) is 48.1 Å². The zero-order valence-electron chi connectivity index (χ0n) is 51.8. The van der Waals surface area contributed by atoms with Crippen molar-refractivity contribution in [1.82, 2.24) is 16.0 Å². The SMILES string of the molecule is CCc1cc(-c2ccccc2)c(O)cc1OCCCCC(C)(C)CNC(=O)C(N)CC(=O)O.CCc1cc(-c2ccccc2)c(OCc2ccccc2)cc1OCCCCC(C)(C)CNC(=O)C(CC(=O)OC(C)(C)C)NC(=O)OC(C)(C)C. The lowest BCUT2D eigenvalue weighted by atomic mass is 9.87. The molecule has 0 radical (unpaired) electrons. The molecule has 84 heavy (non-hydrogen) atoms. The fourth-order valence-corrected chi connectivity index (χ4v) is 8.94. The summed E-state index contributed by atoms with van der Waals surface area (Å²) in [4.78, 5) is 60.9. The number of nitrogens with one attached hydrogen (secondary N) is 3. The molecule has 16 nitrogen and oxygen atoms in total. The average molecular weight is 1160 g/mol. The molecule has 0 heterocycles. The molecule has 2 atom stereocenters. The molecule has 0 aliphatic rings. The fourth-order valence-electron chi connectivity index (χ4n) is 8.94. The van der Waals surface area contributed by atoms with Gasteiger partial charge in [-0.2, -0.15) is 0 Å². The van der Waals surface area contributed by atoms with E-state index in [1.807, 2.05) is 92.7 Å². The lowest BCUT2D eigenvalue weighted by Gasteiger charge is -2.28. The number of phenols is 1. The first-order valence-electron chi connectivity index (χ1n) is 29.4. The Morgan fingerprint density at radius 3 is 1.50 bits per heavy atom. The molecule has 0 aromatic heterocycles. The van der Waals surface area contributed by atoms with Gasteiger partial charge in [-0.3, -0.25) is 19.2 Å². The van der Waals surface area contributed by atoms with E-state index in [0.717, 1.165) is 102 Å². The number of carboxylic acids is 1. The van der Waals surface area contributed by atoms with Crippen LogP contribution in [0.4, 0.5) is 4.79 Å². The number of aromatic hydroxyl groups is 1. The van der Waals surface area contributed by atoms with Gasteiger partial charge in [-0.25, -0.2) is 4.79 Å². The maximum atomic E-state index is 13.2. The first kappa shape index (κ1) is 68.9. The fraction of sp³-hybridized carbons (Fsp3) is 0.485. The molecule has 7 N–H and O–H groups in total. The summed E-state index contributed by atoms with van der Waals surface area (Å²) in [7, 11) is 0. The van der Waals surface area contributed by atoms with E-state index in [2.05, 4.69) is 74.0 Å². The summed E-state index contributed by atoms with van der Waals surface area (Å²) in [6, 6.07) is 35.8. The van der Waals surface area contributed by atoms with Gasteiger partial charge in [0.1, 0.15) is 46.8 Å². The molecular weight excluding hydrogens is 1060 g/mol. The number of alkyl carbamates (subject to hydrolysis) is 1. The monoisotopic (exact) mass is 1160 g/mol. The minimum atomic E-state index is -1.14. The molecule has 5 rings (SSSR count). The number of carboxylic acid groups (broad SMARTS) is 1. The Hall–Kier alpha value is -7.59. The standard InChI is InChI=1S/C42H58N2O7.C26H36N2O5/c1-10-31-25-33(32-21-15-12-16-22-32)36(49-28-30-19-13-11-14-20-30)27-35(31)48-24-18-17-23-42(8,9)29-43-38(46)34(26-37(45)50-40(2,3)4)44-39(47)51-41(5,6)7;1-4-18-14-20(19-10-6-5-7-11-19)22(29)16-23(18)33-13-9-8-12-26(2,3)17-28-25(32)21(27)15-24(30)31/h11-16,19-22,25,27,34H,10,17-18,23-24,26,28-29H2,1-9H3,(H,43,46)(H,44,47);5-7,10-11,14,16,21,29H,4,8-9,12-13,15,17,27H2,1-3H3,(H,28,32)(H,30,31). The number of amides is 3. The Morgan fingerprint density at radius 1 is 0.548 bits per heavy atom. The summed E-state index contributed by atoms with van der Waals surface area (Å²) >= 11 is 0. The molecular formula is C68H94N4O12. The summed E-state index contributed by atoms with van der Waals surface area (Å²) in [5.41, 5.74) is 10.9. The topological polar surface area (TPSA) is 234 Å². The van der Waals surface area contributed by atoms with E-state index in [1.54, 1.807) is 47.6 Å². The predicted octanol–water partition coefficient (Wildman–Crippen LogP) is 12.9. The third-order valence-electron chi connectivity index (χ3n) is 13.5. The minimum absolute atomic E-state index is 0.150. The van der Waals surface area contributed by atoms with Crippen LogP contribution in [0.5, 0.6) is 23.0 Å². The summed E-state index contributed by atoms with van der Waals surface area (Å²) in [6.45, 7) is 25.2. The van der Waals surface area contributed by atoms with Gasteiger partial charge in [-0.05, 0) is 144 Å². The Labute approximate surface area is 498 Å². The highest BCUT2D eigenvalue weighted by atomic mass is 16.6. The molecule has 0 aliphatic heterocycles. The van der Waals surface area contributed by atoms with Crippen molar-refractivity contribution in [2.75, 3.05) is 26.3 Å². The number of ether oxygens (including phenoxy) is 5. The van der Waals surface area contributed by atoms with Crippen molar-refractivity contribution in [3.63, 3.8) is 0 Å². The summed E-state index contributed by atoms with van der Waals surface area (Å²) in [5, 5.41) is 27.5. The predicted molar refractivity (Wildman–Crippen MR) is 331 cm³/mol. The van der Waals surface area contributed by atoms with E-state index in [9.17, 15) is 29.1 Å². The van der Waals surface area contributed by atoms with Gasteiger partial charge >= 0.3 is 18.0 Å². The summed E-state index contributed by atoms with van der Waals surface area (Å²) in [6.07, 6.45) is 5.27. The zero-order chi connectivity index (χ0) is 62.1. The third-order valence-corrected chi connectivity index (χ3v) is 13.5. The van der Waals surface area contributed by atoms with Crippen LogP contribution >= 0.6 is 0 Å². The van der Waals surface area contributed by atoms with Crippen molar-refractivity contribution in [3.05, 3.63) is 132 Å². The summed E-state index contributed by atoms with van der Waals surface area (Å²) < 4.78 is 29.4. The molecule has 5 aromatic carbocycles. The van der Waals surface area contributed by atoms with Crippen LogP contribution in [0.15, 0.2) is 115 Å². The van der Waals surface area contributed by atoms with Crippen molar-refractivity contribution >= 4 is 29.8 Å². The van der Waals surface area contributed by atoms with E-state index < -0.39 is 53.1 Å². The van der Waals surface area contributed by atoms with Crippen molar-refractivity contribution in [1.29, 1.82) is 0 Å². The smallest absolute Gasteiger partial charge is 0.408 e. The van der Waals surface area contributed by atoms with E-state index in [1.165, 1.54) is 0 Å². The van der Waals surface area contributed by atoms with Crippen LogP contribution in [0.3, 0.4) is 0 Å². The van der Waals surface area contributed by atoms with Crippen LogP contribution in [0, 0.1) is 10.8 Å². The van der Waals surface area contributed by atoms with Crippen LogP contribution in [0.2, 0.25) is 0 Å². The number of hydrogen-bond acceptors (Lipinski definition) is 12. The average Bonchev–Trinajstić information content (AvgIpc) is 2.30. The molecule has 16 heteroatoms. The van der Waals surface area contributed by atoms with Crippen LogP contribution in [-0.4, -0.2) is 89.6 Å². The van der Waals surface area contributed by atoms with Crippen molar-refractivity contribution in [3.8, 4) is 45.3 Å². The van der Waals surface area contributed by atoms with E-state index in [4.69, 9.17) is 34.5 Å². The molecule has 458 valence electrons. The number of hydrogen-bond donors (Lipinski definition) is 6. The van der Waals surface area contributed by atoms with E-state index in [0.29, 0.717) is 38.7 Å². The van der Waals surface area contributed by atoms with Gasteiger partial charge in [0.05, 0.1) is 32.1 Å². The van der Waals surface area contributed by atoms with Gasteiger partial charge in [0.25, 0.3) is 0 Å². The first-order valence-corrected chi connectivity index (χ1v) is 29.4. The number of carbonyl (C=O) groups excluding carboxylic acids is 4. The lowest BCUT2D eigenvalue weighted by Crippen LogP contribution is -2.51. The zero-order valence-corrected chi connectivity index (χ0v) is 51.8. The Bertz CT molecular complexity index is 2830. The Morgan fingerprint density at radius 2 is 1.01 bits per heavy atom. The highest BCUT2D eigenvalue weighted by Gasteiger charge is 2.31. The van der Waals surface area contributed by atoms with Crippen molar-refractivity contribution < 1.29 is 57.9 Å². The Kier molecular flexibility index (Phi) is 27.1. The summed E-state index contributed by atoms with van der Waals surface area (Å²) in [5.74, 6) is -0.0976. The molecule has 2 unspecified atom stereocenters. The van der Waals surface area contributed by atoms with E-state index in [-0.39, 0.29) is 29.4 Å². The molecule has 0 spiro atoms.